The van der Waals surface area contributed by atoms with Crippen LogP contribution in [0.1, 0.15) is 28.6 Å². The average Bonchev–Trinajstić information content (AvgIpc) is 3.39. The van der Waals surface area contributed by atoms with Crippen molar-refractivity contribution in [2.45, 2.75) is 30.3 Å². The highest BCUT2D eigenvalue weighted by molar-refractivity contribution is 8.01. The predicted molar refractivity (Wildman–Crippen MR) is 107 cm³/mol. The van der Waals surface area contributed by atoms with Gasteiger partial charge in [-0.1, -0.05) is 54.3 Å². The van der Waals surface area contributed by atoms with Crippen molar-refractivity contribution >= 4 is 40.0 Å². The Kier molecular flexibility index (Phi) is 5.45. The minimum Gasteiger partial charge on any atom is -0.459 e. The average molecular weight is 415 g/mol. The van der Waals surface area contributed by atoms with Crippen molar-refractivity contribution < 1.29 is 14.0 Å². The molecule has 3 heterocycles. The highest BCUT2D eigenvalue weighted by atomic mass is 32.2. The third-order valence-corrected chi connectivity index (χ3v) is 6.30. The molecule has 0 fully saturated rings. The van der Waals surface area contributed by atoms with E-state index in [1.807, 2.05) is 31.2 Å². The van der Waals surface area contributed by atoms with Crippen molar-refractivity contribution in [1.29, 1.82) is 0 Å². The SMILES string of the molecule is CCSc1nnc(NC(=O)C2Cc3ccccc3CN2C(=O)c2ccco2)s1. The van der Waals surface area contributed by atoms with Gasteiger partial charge >= 0.3 is 0 Å². The van der Waals surface area contributed by atoms with Gasteiger partial charge in [0.25, 0.3) is 5.91 Å². The Morgan fingerprint density at radius 1 is 1.25 bits per heavy atom. The van der Waals surface area contributed by atoms with E-state index in [9.17, 15) is 9.59 Å². The molecule has 0 bridgehead atoms. The minimum atomic E-state index is -0.654. The third-order valence-electron chi connectivity index (χ3n) is 4.45. The van der Waals surface area contributed by atoms with E-state index in [2.05, 4.69) is 15.5 Å². The van der Waals surface area contributed by atoms with Gasteiger partial charge in [0, 0.05) is 13.0 Å². The summed E-state index contributed by atoms with van der Waals surface area (Å²) in [5.74, 6) is 0.514. The van der Waals surface area contributed by atoms with E-state index in [-0.39, 0.29) is 17.6 Å². The lowest BCUT2D eigenvalue weighted by Gasteiger charge is -2.35. The summed E-state index contributed by atoms with van der Waals surface area (Å²) < 4.78 is 6.07. The van der Waals surface area contributed by atoms with E-state index in [0.717, 1.165) is 21.2 Å². The fourth-order valence-electron chi connectivity index (χ4n) is 3.14. The number of thioether (sulfide) groups is 1. The van der Waals surface area contributed by atoms with Crippen LogP contribution in [0.15, 0.2) is 51.4 Å². The second-order valence-electron chi connectivity index (χ2n) is 6.19. The van der Waals surface area contributed by atoms with E-state index in [4.69, 9.17) is 4.42 Å². The Morgan fingerprint density at radius 2 is 2.07 bits per heavy atom. The lowest BCUT2D eigenvalue weighted by atomic mass is 9.93. The maximum atomic E-state index is 13.0. The zero-order valence-electron chi connectivity index (χ0n) is 15.1. The Morgan fingerprint density at radius 3 is 2.82 bits per heavy atom. The summed E-state index contributed by atoms with van der Waals surface area (Å²) in [5, 5.41) is 11.3. The molecule has 1 aliphatic heterocycles. The molecule has 1 unspecified atom stereocenters. The van der Waals surface area contributed by atoms with Gasteiger partial charge < -0.3 is 9.32 Å². The van der Waals surface area contributed by atoms with Gasteiger partial charge in [-0.25, -0.2) is 0 Å². The zero-order chi connectivity index (χ0) is 19.5. The number of furan rings is 1. The second kappa shape index (κ2) is 8.15. The molecule has 1 aliphatic rings. The number of benzene rings is 1. The highest BCUT2D eigenvalue weighted by Gasteiger charge is 2.36. The number of fused-ring (bicyclic) bond motifs is 1. The standard InChI is InChI=1S/C19H18N4O3S2/c1-2-27-19-22-21-18(28-19)20-16(24)14-10-12-6-3-4-7-13(12)11-23(14)17(25)15-8-5-9-26-15/h3-9,14H,2,10-11H2,1H3,(H,20,21,24). The number of carbonyl (C=O) groups is 2. The first kappa shape index (κ1) is 18.7. The Bertz CT molecular complexity index is 987. The quantitative estimate of drug-likeness (QED) is 0.508. The van der Waals surface area contributed by atoms with E-state index in [1.165, 1.54) is 17.6 Å². The van der Waals surface area contributed by atoms with Crippen LogP contribution in [0.4, 0.5) is 5.13 Å². The van der Waals surface area contributed by atoms with Crippen molar-refractivity contribution in [2.75, 3.05) is 11.1 Å². The molecular formula is C19H18N4O3S2. The monoisotopic (exact) mass is 414 g/mol. The van der Waals surface area contributed by atoms with Crippen LogP contribution in [0.2, 0.25) is 0 Å². The molecule has 1 aromatic carbocycles. The lowest BCUT2D eigenvalue weighted by Crippen LogP contribution is -2.50. The van der Waals surface area contributed by atoms with Crippen molar-refractivity contribution in [3.8, 4) is 0 Å². The molecule has 144 valence electrons. The van der Waals surface area contributed by atoms with Gasteiger partial charge in [0.15, 0.2) is 10.1 Å². The summed E-state index contributed by atoms with van der Waals surface area (Å²) in [4.78, 5) is 27.5. The van der Waals surface area contributed by atoms with Crippen LogP contribution in [0.25, 0.3) is 0 Å². The molecule has 3 aromatic rings. The molecule has 2 amide bonds. The molecule has 28 heavy (non-hydrogen) atoms. The molecule has 1 N–H and O–H groups in total. The summed E-state index contributed by atoms with van der Waals surface area (Å²) in [5.41, 5.74) is 2.09. The number of carbonyl (C=O) groups excluding carboxylic acids is 2. The van der Waals surface area contributed by atoms with Gasteiger partial charge in [-0.05, 0) is 29.0 Å². The van der Waals surface area contributed by atoms with Gasteiger partial charge in [0.05, 0.1) is 6.26 Å². The zero-order valence-corrected chi connectivity index (χ0v) is 16.8. The van der Waals surface area contributed by atoms with E-state index in [1.54, 1.807) is 28.8 Å². The Hall–Kier alpha value is -2.65. The summed E-state index contributed by atoms with van der Waals surface area (Å²) in [7, 11) is 0. The van der Waals surface area contributed by atoms with Crippen molar-refractivity contribution in [3.05, 3.63) is 59.5 Å². The number of anilines is 1. The molecule has 0 aliphatic carbocycles. The van der Waals surface area contributed by atoms with Crippen LogP contribution < -0.4 is 5.32 Å². The third kappa shape index (κ3) is 3.81. The predicted octanol–water partition coefficient (Wildman–Crippen LogP) is 3.45. The molecule has 0 spiro atoms. The van der Waals surface area contributed by atoms with E-state index < -0.39 is 6.04 Å². The van der Waals surface area contributed by atoms with E-state index >= 15 is 0 Å². The molecule has 0 saturated carbocycles. The Labute approximate surface area is 170 Å². The van der Waals surface area contributed by atoms with Gasteiger partial charge in [0.2, 0.25) is 11.0 Å². The van der Waals surface area contributed by atoms with Gasteiger partial charge in [0.1, 0.15) is 6.04 Å². The number of rotatable bonds is 5. The number of aromatic nitrogens is 2. The first-order chi connectivity index (χ1) is 13.7. The molecule has 0 radical (unpaired) electrons. The molecule has 9 heteroatoms. The molecule has 1 atom stereocenters. The van der Waals surface area contributed by atoms with Crippen LogP contribution in [-0.4, -0.2) is 38.7 Å². The molecule has 4 rings (SSSR count). The maximum Gasteiger partial charge on any atom is 0.290 e. The first-order valence-electron chi connectivity index (χ1n) is 8.84. The Balaban J connectivity index is 1.59. The second-order valence-corrected chi connectivity index (χ2v) is 8.68. The summed E-state index contributed by atoms with van der Waals surface area (Å²) in [6, 6.07) is 10.5. The van der Waals surface area contributed by atoms with Crippen LogP contribution in [-0.2, 0) is 17.8 Å². The molecule has 7 nitrogen and oxygen atoms in total. The van der Waals surface area contributed by atoms with Crippen molar-refractivity contribution in [2.24, 2.45) is 0 Å². The van der Waals surface area contributed by atoms with Crippen molar-refractivity contribution in [3.63, 3.8) is 0 Å². The number of hydrogen-bond acceptors (Lipinski definition) is 7. The van der Waals surface area contributed by atoms with Crippen LogP contribution in [0.5, 0.6) is 0 Å². The van der Waals surface area contributed by atoms with Crippen LogP contribution >= 0.6 is 23.1 Å². The smallest absolute Gasteiger partial charge is 0.290 e. The molecular weight excluding hydrogens is 396 g/mol. The first-order valence-corrected chi connectivity index (χ1v) is 10.6. The maximum absolute atomic E-state index is 13.0. The van der Waals surface area contributed by atoms with Crippen LogP contribution in [0.3, 0.4) is 0 Å². The topological polar surface area (TPSA) is 88.3 Å². The number of hydrogen-bond donors (Lipinski definition) is 1. The number of nitrogens with one attached hydrogen (secondary N) is 1. The summed E-state index contributed by atoms with van der Waals surface area (Å²) >= 11 is 2.90. The number of amides is 2. The minimum absolute atomic E-state index is 0.217. The van der Waals surface area contributed by atoms with Gasteiger partial charge in [-0.15, -0.1) is 10.2 Å². The number of nitrogens with zero attached hydrogens (tertiary/aromatic N) is 3. The van der Waals surface area contributed by atoms with Crippen molar-refractivity contribution in [1.82, 2.24) is 15.1 Å². The molecule has 2 aromatic heterocycles. The molecule has 0 saturated heterocycles. The van der Waals surface area contributed by atoms with Gasteiger partial charge in [-0.3, -0.25) is 14.9 Å². The highest BCUT2D eigenvalue weighted by Crippen LogP contribution is 2.28. The largest absolute Gasteiger partial charge is 0.459 e. The summed E-state index contributed by atoms with van der Waals surface area (Å²) in [6.45, 7) is 2.38. The van der Waals surface area contributed by atoms with Gasteiger partial charge in [-0.2, -0.15) is 0 Å². The lowest BCUT2D eigenvalue weighted by molar-refractivity contribution is -0.121. The normalized spacial score (nSPS) is 15.9. The van der Waals surface area contributed by atoms with Crippen LogP contribution in [0, 0.1) is 0 Å². The summed E-state index contributed by atoms with van der Waals surface area (Å²) in [6.07, 6.45) is 1.89. The fraction of sp³-hybridized carbons (Fsp3) is 0.263. The van der Waals surface area contributed by atoms with E-state index in [0.29, 0.717) is 18.1 Å². The fourth-order valence-corrected chi connectivity index (χ4v) is 4.80.